The van der Waals surface area contributed by atoms with E-state index in [1.807, 2.05) is 30.3 Å². The molecule has 1 N–H and O–H groups in total. The largest absolute Gasteiger partial charge is 0.492 e. The molecule has 30 heavy (non-hydrogen) atoms. The van der Waals surface area contributed by atoms with Crippen LogP contribution in [-0.2, 0) is 11.3 Å². The van der Waals surface area contributed by atoms with Gasteiger partial charge in [-0.1, -0.05) is 18.2 Å². The van der Waals surface area contributed by atoms with Crippen molar-refractivity contribution in [1.29, 1.82) is 0 Å². The first kappa shape index (κ1) is 21.0. The van der Waals surface area contributed by atoms with E-state index in [0.717, 1.165) is 0 Å². The highest BCUT2D eigenvalue weighted by atomic mass is 16.5. The average molecular weight is 410 g/mol. The molecule has 9 nitrogen and oxygen atoms in total. The number of nitrogens with one attached hydrogen (secondary N) is 1. The van der Waals surface area contributed by atoms with Gasteiger partial charge in [0.2, 0.25) is 5.88 Å². The SMILES string of the molecule is COCCOc1ncccc1NC(=O)c1ccc(=O)n(CCOc2ccccc2)n1. The highest BCUT2D eigenvalue weighted by molar-refractivity contribution is 6.03. The zero-order valence-electron chi connectivity index (χ0n) is 16.5. The highest BCUT2D eigenvalue weighted by Crippen LogP contribution is 2.21. The molecular formula is C21H22N4O5. The smallest absolute Gasteiger partial charge is 0.276 e. The molecule has 3 aromatic rings. The lowest BCUT2D eigenvalue weighted by Crippen LogP contribution is -2.28. The van der Waals surface area contributed by atoms with Gasteiger partial charge in [-0.3, -0.25) is 9.59 Å². The van der Waals surface area contributed by atoms with Gasteiger partial charge in [-0.25, -0.2) is 9.67 Å². The molecule has 0 bridgehead atoms. The quantitative estimate of drug-likeness (QED) is 0.510. The fourth-order valence-electron chi connectivity index (χ4n) is 2.51. The molecule has 2 aromatic heterocycles. The first-order valence-corrected chi connectivity index (χ1v) is 9.31. The molecule has 0 radical (unpaired) electrons. The van der Waals surface area contributed by atoms with Crippen LogP contribution in [0.4, 0.5) is 5.69 Å². The van der Waals surface area contributed by atoms with E-state index in [9.17, 15) is 9.59 Å². The Bertz CT molecular complexity index is 1020. The molecule has 2 heterocycles. The Morgan fingerprint density at radius 2 is 1.83 bits per heavy atom. The summed E-state index contributed by atoms with van der Waals surface area (Å²) in [5, 5.41) is 6.84. The summed E-state index contributed by atoms with van der Waals surface area (Å²) in [4.78, 5) is 28.8. The molecule has 0 unspecified atom stereocenters. The van der Waals surface area contributed by atoms with Gasteiger partial charge in [-0.2, -0.15) is 5.10 Å². The predicted molar refractivity (Wildman–Crippen MR) is 110 cm³/mol. The van der Waals surface area contributed by atoms with E-state index < -0.39 is 5.91 Å². The van der Waals surface area contributed by atoms with Crippen LogP contribution in [0.3, 0.4) is 0 Å². The van der Waals surface area contributed by atoms with Crippen LogP contribution in [0, 0.1) is 0 Å². The molecule has 3 rings (SSSR count). The molecule has 156 valence electrons. The number of benzene rings is 1. The Hall–Kier alpha value is -3.72. The van der Waals surface area contributed by atoms with Crippen LogP contribution in [0.5, 0.6) is 11.6 Å². The van der Waals surface area contributed by atoms with Gasteiger partial charge in [-0.15, -0.1) is 0 Å². The van der Waals surface area contributed by atoms with E-state index >= 15 is 0 Å². The summed E-state index contributed by atoms with van der Waals surface area (Å²) in [7, 11) is 1.57. The van der Waals surface area contributed by atoms with Gasteiger partial charge in [0, 0.05) is 19.4 Å². The number of nitrogens with zero attached hydrogens (tertiary/aromatic N) is 3. The van der Waals surface area contributed by atoms with Crippen LogP contribution >= 0.6 is 0 Å². The molecule has 0 saturated carbocycles. The zero-order chi connectivity index (χ0) is 21.2. The third-order valence-electron chi connectivity index (χ3n) is 3.96. The van der Waals surface area contributed by atoms with Gasteiger partial charge in [0.15, 0.2) is 0 Å². The lowest BCUT2D eigenvalue weighted by Gasteiger charge is -2.11. The standard InChI is InChI=1S/C21H22N4O5/c1-28-14-15-30-21-18(8-5-11-22-21)23-20(27)17-9-10-19(26)25(24-17)12-13-29-16-6-3-2-4-7-16/h2-11H,12-15H2,1H3,(H,23,27). The van der Waals surface area contributed by atoms with Gasteiger partial charge in [0.1, 0.15) is 30.3 Å². The third kappa shape index (κ3) is 5.89. The minimum Gasteiger partial charge on any atom is -0.492 e. The summed E-state index contributed by atoms with van der Waals surface area (Å²) < 4.78 is 17.2. The molecule has 1 aromatic carbocycles. The van der Waals surface area contributed by atoms with Gasteiger partial charge in [-0.05, 0) is 30.3 Å². The molecule has 0 spiro atoms. The van der Waals surface area contributed by atoms with Gasteiger partial charge in [0.25, 0.3) is 11.5 Å². The van der Waals surface area contributed by atoms with Gasteiger partial charge < -0.3 is 19.5 Å². The van der Waals surface area contributed by atoms with E-state index in [0.29, 0.717) is 24.7 Å². The summed E-state index contributed by atoms with van der Waals surface area (Å²) >= 11 is 0. The summed E-state index contributed by atoms with van der Waals surface area (Å²) in [5.41, 5.74) is 0.153. The lowest BCUT2D eigenvalue weighted by atomic mass is 10.3. The Kier molecular flexibility index (Phi) is 7.51. The fourth-order valence-corrected chi connectivity index (χ4v) is 2.51. The second-order valence-electron chi connectivity index (χ2n) is 6.09. The lowest BCUT2D eigenvalue weighted by molar-refractivity contribution is 0.101. The number of para-hydroxylation sites is 1. The number of pyridine rings is 1. The van der Waals surface area contributed by atoms with Crippen LogP contribution in [0.25, 0.3) is 0 Å². The van der Waals surface area contributed by atoms with Crippen molar-refractivity contribution in [2.24, 2.45) is 0 Å². The summed E-state index contributed by atoms with van der Waals surface area (Å²) in [5.74, 6) is 0.474. The number of hydrogen-bond acceptors (Lipinski definition) is 7. The zero-order valence-corrected chi connectivity index (χ0v) is 16.5. The van der Waals surface area contributed by atoms with Crippen molar-refractivity contribution in [2.75, 3.05) is 32.2 Å². The summed E-state index contributed by atoms with van der Waals surface area (Å²) in [6.07, 6.45) is 1.56. The normalized spacial score (nSPS) is 10.4. The number of methoxy groups -OCH3 is 1. The van der Waals surface area contributed by atoms with Gasteiger partial charge in [0.05, 0.1) is 13.2 Å². The Labute approximate surface area is 173 Å². The van der Waals surface area contributed by atoms with E-state index in [4.69, 9.17) is 14.2 Å². The Morgan fingerprint density at radius 1 is 1.00 bits per heavy atom. The summed E-state index contributed by atoms with van der Waals surface area (Å²) in [6, 6.07) is 15.2. The Balaban J connectivity index is 1.65. The maximum absolute atomic E-state index is 12.6. The molecule has 0 atom stereocenters. The maximum Gasteiger partial charge on any atom is 0.276 e. The first-order chi connectivity index (χ1) is 14.7. The number of ether oxygens (including phenoxy) is 3. The van der Waals surface area contributed by atoms with Crippen molar-refractivity contribution in [1.82, 2.24) is 14.8 Å². The van der Waals surface area contributed by atoms with E-state index in [-0.39, 0.29) is 30.3 Å². The molecule has 0 aliphatic carbocycles. The number of anilines is 1. The second-order valence-corrected chi connectivity index (χ2v) is 6.09. The number of aromatic nitrogens is 3. The Morgan fingerprint density at radius 3 is 2.63 bits per heavy atom. The van der Waals surface area contributed by atoms with Crippen molar-refractivity contribution in [3.63, 3.8) is 0 Å². The molecule has 9 heteroatoms. The predicted octanol–water partition coefficient (Wildman–Crippen LogP) is 1.99. The van der Waals surface area contributed by atoms with Crippen molar-refractivity contribution in [3.05, 3.63) is 76.8 Å². The molecule has 0 aliphatic heterocycles. The fraction of sp³-hybridized carbons (Fsp3) is 0.238. The van der Waals surface area contributed by atoms with Crippen LogP contribution < -0.4 is 20.3 Å². The van der Waals surface area contributed by atoms with Crippen molar-refractivity contribution in [2.45, 2.75) is 6.54 Å². The number of rotatable bonds is 10. The van der Waals surface area contributed by atoms with E-state index in [1.165, 1.54) is 16.8 Å². The number of carbonyl (C=O) groups is 1. The van der Waals surface area contributed by atoms with Crippen molar-refractivity contribution >= 4 is 11.6 Å². The number of amides is 1. The number of hydrogen-bond donors (Lipinski definition) is 1. The molecular weight excluding hydrogens is 388 g/mol. The molecule has 0 aliphatic rings. The van der Waals surface area contributed by atoms with Crippen LogP contribution in [-0.4, -0.2) is 47.6 Å². The monoisotopic (exact) mass is 410 g/mol. The minimum absolute atomic E-state index is 0.0843. The molecule has 1 amide bonds. The van der Waals surface area contributed by atoms with Crippen LogP contribution in [0.1, 0.15) is 10.5 Å². The van der Waals surface area contributed by atoms with Gasteiger partial charge >= 0.3 is 0 Å². The topological polar surface area (TPSA) is 105 Å². The van der Waals surface area contributed by atoms with Crippen molar-refractivity contribution in [3.8, 4) is 11.6 Å². The number of carbonyl (C=O) groups excluding carboxylic acids is 1. The van der Waals surface area contributed by atoms with Crippen molar-refractivity contribution < 1.29 is 19.0 Å². The highest BCUT2D eigenvalue weighted by Gasteiger charge is 2.13. The molecule has 0 fully saturated rings. The maximum atomic E-state index is 12.6. The van der Waals surface area contributed by atoms with Crippen LogP contribution in [0.15, 0.2) is 65.6 Å². The average Bonchev–Trinajstić information content (AvgIpc) is 2.77. The first-order valence-electron chi connectivity index (χ1n) is 9.31. The molecule has 0 saturated heterocycles. The summed E-state index contributed by atoms with van der Waals surface area (Å²) in [6.45, 7) is 1.12. The van der Waals surface area contributed by atoms with E-state index in [1.54, 1.807) is 25.4 Å². The third-order valence-corrected chi connectivity index (χ3v) is 3.96. The van der Waals surface area contributed by atoms with E-state index in [2.05, 4.69) is 15.4 Å². The minimum atomic E-state index is -0.489. The van der Waals surface area contributed by atoms with Crippen LogP contribution in [0.2, 0.25) is 0 Å². The second kappa shape index (κ2) is 10.7.